The fourth-order valence-corrected chi connectivity index (χ4v) is 3.65. The van der Waals surface area contributed by atoms with Gasteiger partial charge in [0.2, 0.25) is 0 Å². The van der Waals surface area contributed by atoms with Gasteiger partial charge in [-0.15, -0.1) is 11.3 Å². The van der Waals surface area contributed by atoms with Crippen LogP contribution in [0.4, 0.5) is 0 Å². The summed E-state index contributed by atoms with van der Waals surface area (Å²) in [6, 6.07) is 15.3. The molecule has 140 valence electrons. The number of carbonyl (C=O) groups excluding carboxylic acids is 1. The lowest BCUT2D eigenvalue weighted by molar-refractivity contribution is -0.133. The highest BCUT2D eigenvalue weighted by atomic mass is 35.5. The zero-order valence-electron chi connectivity index (χ0n) is 15.1. The van der Waals surface area contributed by atoms with E-state index >= 15 is 0 Å². The molecule has 6 heteroatoms. The fourth-order valence-electron chi connectivity index (χ4n) is 2.61. The van der Waals surface area contributed by atoms with Crippen molar-refractivity contribution in [2.45, 2.75) is 26.4 Å². The van der Waals surface area contributed by atoms with Crippen LogP contribution in [0.1, 0.15) is 30.7 Å². The SMILES string of the molecule is CCOC(C)c1nc(CC(=O)Oc2ccc(-c3ccccc3)cc2Cl)cs1. The van der Waals surface area contributed by atoms with Crippen LogP contribution in [0.15, 0.2) is 53.9 Å². The molecule has 0 aliphatic carbocycles. The molecule has 1 atom stereocenters. The zero-order chi connectivity index (χ0) is 19.2. The first kappa shape index (κ1) is 19.5. The van der Waals surface area contributed by atoms with E-state index in [2.05, 4.69) is 4.98 Å². The van der Waals surface area contributed by atoms with Gasteiger partial charge in [-0.25, -0.2) is 4.98 Å². The number of ether oxygens (including phenoxy) is 2. The second-order valence-corrected chi connectivity index (χ2v) is 7.23. The third-order valence-electron chi connectivity index (χ3n) is 3.92. The smallest absolute Gasteiger partial charge is 0.317 e. The summed E-state index contributed by atoms with van der Waals surface area (Å²) in [5, 5.41) is 3.10. The Kier molecular flexibility index (Phi) is 6.61. The highest BCUT2D eigenvalue weighted by Gasteiger charge is 2.15. The van der Waals surface area contributed by atoms with E-state index in [9.17, 15) is 4.79 Å². The molecule has 1 aromatic heterocycles. The van der Waals surface area contributed by atoms with Gasteiger partial charge in [0.25, 0.3) is 0 Å². The number of esters is 1. The highest BCUT2D eigenvalue weighted by molar-refractivity contribution is 7.09. The Labute approximate surface area is 167 Å². The molecule has 0 bridgehead atoms. The molecule has 0 saturated heterocycles. The second kappa shape index (κ2) is 9.13. The number of aromatic nitrogens is 1. The highest BCUT2D eigenvalue weighted by Crippen LogP contribution is 2.30. The molecule has 0 amide bonds. The van der Waals surface area contributed by atoms with Crippen molar-refractivity contribution in [3.63, 3.8) is 0 Å². The van der Waals surface area contributed by atoms with Crippen LogP contribution >= 0.6 is 22.9 Å². The minimum atomic E-state index is -0.398. The summed E-state index contributed by atoms with van der Waals surface area (Å²) in [4.78, 5) is 16.7. The summed E-state index contributed by atoms with van der Waals surface area (Å²) in [5.74, 6) is -0.0511. The quantitative estimate of drug-likeness (QED) is 0.376. The van der Waals surface area contributed by atoms with Crippen molar-refractivity contribution in [3.8, 4) is 16.9 Å². The Morgan fingerprint density at radius 3 is 2.67 bits per heavy atom. The molecule has 3 rings (SSSR count). The van der Waals surface area contributed by atoms with Crippen LogP contribution in [0.3, 0.4) is 0 Å². The maximum absolute atomic E-state index is 12.2. The molecular formula is C21H20ClNO3S. The summed E-state index contributed by atoms with van der Waals surface area (Å²) >= 11 is 7.78. The maximum Gasteiger partial charge on any atom is 0.317 e. The lowest BCUT2D eigenvalue weighted by Crippen LogP contribution is -2.12. The number of benzene rings is 2. The van der Waals surface area contributed by atoms with Gasteiger partial charge < -0.3 is 9.47 Å². The van der Waals surface area contributed by atoms with Crippen molar-refractivity contribution in [3.05, 3.63) is 69.6 Å². The summed E-state index contributed by atoms with van der Waals surface area (Å²) in [6.07, 6.45) is 0.0105. The Balaban J connectivity index is 1.64. The number of carbonyl (C=O) groups is 1. The largest absolute Gasteiger partial charge is 0.425 e. The summed E-state index contributed by atoms with van der Waals surface area (Å²) in [6.45, 7) is 4.50. The molecule has 3 aromatic rings. The van der Waals surface area contributed by atoms with Crippen molar-refractivity contribution in [1.82, 2.24) is 4.98 Å². The summed E-state index contributed by atoms with van der Waals surface area (Å²) in [7, 11) is 0. The lowest BCUT2D eigenvalue weighted by atomic mass is 10.1. The molecule has 0 spiro atoms. The Morgan fingerprint density at radius 2 is 1.96 bits per heavy atom. The number of rotatable bonds is 7. The molecule has 0 aliphatic rings. The van der Waals surface area contributed by atoms with E-state index in [1.54, 1.807) is 12.1 Å². The van der Waals surface area contributed by atoms with Gasteiger partial charge in [-0.1, -0.05) is 48.0 Å². The summed E-state index contributed by atoms with van der Waals surface area (Å²) < 4.78 is 10.9. The Bertz CT molecular complexity index is 911. The normalized spacial score (nSPS) is 12.0. The summed E-state index contributed by atoms with van der Waals surface area (Å²) in [5.41, 5.74) is 2.69. The van der Waals surface area contributed by atoms with Crippen molar-refractivity contribution < 1.29 is 14.3 Å². The molecule has 0 fully saturated rings. The Hall–Kier alpha value is -2.21. The molecule has 0 N–H and O–H groups in total. The van der Waals surface area contributed by atoms with Crippen LogP contribution < -0.4 is 4.74 Å². The van der Waals surface area contributed by atoms with E-state index in [0.29, 0.717) is 23.1 Å². The molecular weight excluding hydrogens is 382 g/mol. The van der Waals surface area contributed by atoms with Gasteiger partial charge in [0.05, 0.1) is 17.1 Å². The standard InChI is InChI=1S/C21H20ClNO3S/c1-3-25-14(2)21-23-17(13-27-21)12-20(24)26-19-10-9-16(11-18(19)22)15-7-5-4-6-8-15/h4-11,13-14H,3,12H2,1-2H3. The second-order valence-electron chi connectivity index (χ2n) is 5.94. The predicted octanol–water partition coefficient (Wildman–Crippen LogP) is 5.71. The molecule has 1 unspecified atom stereocenters. The molecule has 0 radical (unpaired) electrons. The average Bonchev–Trinajstić information content (AvgIpc) is 3.13. The van der Waals surface area contributed by atoms with Crippen LogP contribution in [-0.2, 0) is 16.0 Å². The topological polar surface area (TPSA) is 48.4 Å². The number of thiazole rings is 1. The number of halogens is 1. The van der Waals surface area contributed by atoms with Crippen molar-refractivity contribution >= 4 is 28.9 Å². The van der Waals surface area contributed by atoms with E-state index < -0.39 is 5.97 Å². The average molecular weight is 402 g/mol. The molecule has 27 heavy (non-hydrogen) atoms. The van der Waals surface area contributed by atoms with Gasteiger partial charge in [0.1, 0.15) is 16.9 Å². The minimum absolute atomic E-state index is 0.0789. The number of hydrogen-bond donors (Lipinski definition) is 0. The van der Waals surface area contributed by atoms with Crippen molar-refractivity contribution in [2.75, 3.05) is 6.61 Å². The van der Waals surface area contributed by atoms with E-state index in [1.807, 2.05) is 55.6 Å². The number of hydrogen-bond acceptors (Lipinski definition) is 5. The molecule has 0 aliphatic heterocycles. The van der Waals surface area contributed by atoms with Crippen LogP contribution in [0.25, 0.3) is 11.1 Å². The van der Waals surface area contributed by atoms with E-state index in [1.165, 1.54) is 11.3 Å². The first-order valence-electron chi connectivity index (χ1n) is 8.68. The van der Waals surface area contributed by atoms with Crippen LogP contribution in [0.5, 0.6) is 5.75 Å². The first-order valence-corrected chi connectivity index (χ1v) is 9.94. The molecule has 1 heterocycles. The van der Waals surface area contributed by atoms with Crippen LogP contribution in [0.2, 0.25) is 5.02 Å². The first-order chi connectivity index (χ1) is 13.1. The van der Waals surface area contributed by atoms with Gasteiger partial charge in [0, 0.05) is 12.0 Å². The van der Waals surface area contributed by atoms with Gasteiger partial charge in [-0.2, -0.15) is 0 Å². The molecule has 2 aromatic carbocycles. The third-order valence-corrected chi connectivity index (χ3v) is 5.27. The maximum atomic E-state index is 12.2. The number of nitrogens with zero attached hydrogens (tertiary/aromatic N) is 1. The lowest BCUT2D eigenvalue weighted by Gasteiger charge is -2.08. The van der Waals surface area contributed by atoms with E-state index in [0.717, 1.165) is 16.1 Å². The zero-order valence-corrected chi connectivity index (χ0v) is 16.7. The molecule has 0 saturated carbocycles. The third kappa shape index (κ3) is 5.16. The van der Waals surface area contributed by atoms with Crippen molar-refractivity contribution in [1.29, 1.82) is 0 Å². The molecule has 4 nitrogen and oxygen atoms in total. The van der Waals surface area contributed by atoms with Crippen LogP contribution in [-0.4, -0.2) is 17.6 Å². The van der Waals surface area contributed by atoms with E-state index in [4.69, 9.17) is 21.1 Å². The van der Waals surface area contributed by atoms with Gasteiger partial charge in [-0.05, 0) is 37.1 Å². The van der Waals surface area contributed by atoms with Crippen molar-refractivity contribution in [2.24, 2.45) is 0 Å². The van der Waals surface area contributed by atoms with Gasteiger partial charge in [0.15, 0.2) is 0 Å². The minimum Gasteiger partial charge on any atom is -0.425 e. The monoisotopic (exact) mass is 401 g/mol. The van der Waals surface area contributed by atoms with Gasteiger partial charge in [-0.3, -0.25) is 4.79 Å². The predicted molar refractivity (Wildman–Crippen MR) is 108 cm³/mol. The van der Waals surface area contributed by atoms with E-state index in [-0.39, 0.29) is 12.5 Å². The van der Waals surface area contributed by atoms with Crippen LogP contribution in [0, 0.1) is 0 Å². The fraction of sp³-hybridized carbons (Fsp3) is 0.238. The van der Waals surface area contributed by atoms with Gasteiger partial charge >= 0.3 is 5.97 Å². The Morgan fingerprint density at radius 1 is 1.19 bits per heavy atom.